The van der Waals surface area contributed by atoms with Gasteiger partial charge in [0.15, 0.2) is 0 Å². The van der Waals surface area contributed by atoms with Crippen LogP contribution in [0.15, 0.2) is 24.4 Å². The molecular formula is C15H19NO6S. The van der Waals surface area contributed by atoms with Gasteiger partial charge in [-0.05, 0) is 17.7 Å². The van der Waals surface area contributed by atoms with Crippen LogP contribution in [0.25, 0.3) is 10.9 Å². The number of aromatic hydroxyl groups is 1. The number of hydrogen-bond donors (Lipinski definition) is 6. The summed E-state index contributed by atoms with van der Waals surface area (Å²) < 4.78 is 5.45. The van der Waals surface area contributed by atoms with E-state index < -0.39 is 36.5 Å². The summed E-state index contributed by atoms with van der Waals surface area (Å²) in [5, 5.41) is 49.4. The third-order valence-corrected chi connectivity index (χ3v) is 5.21. The molecule has 1 fully saturated rings. The van der Waals surface area contributed by atoms with Crippen molar-refractivity contribution in [1.82, 2.24) is 4.98 Å². The van der Waals surface area contributed by atoms with Crippen molar-refractivity contribution in [3.8, 4) is 5.75 Å². The minimum absolute atomic E-state index is 0.160. The molecule has 3 rings (SSSR count). The van der Waals surface area contributed by atoms with Crippen molar-refractivity contribution in [1.29, 1.82) is 0 Å². The molecule has 1 aliphatic heterocycles. The molecule has 126 valence electrons. The molecule has 7 nitrogen and oxygen atoms in total. The minimum Gasteiger partial charge on any atom is -0.507 e. The fraction of sp³-hybridized carbons (Fsp3) is 0.467. The maximum atomic E-state index is 10.0. The Bertz CT molecular complexity index is 675. The predicted octanol–water partition coefficient (Wildman–Crippen LogP) is -0.0934. The Morgan fingerprint density at radius 1 is 1.13 bits per heavy atom. The van der Waals surface area contributed by atoms with Crippen LogP contribution in [-0.4, -0.2) is 67.0 Å². The number of aliphatic hydroxyl groups excluding tert-OH is 4. The van der Waals surface area contributed by atoms with Crippen molar-refractivity contribution in [3.05, 3.63) is 30.0 Å². The first-order valence-corrected chi connectivity index (χ1v) is 8.28. The summed E-state index contributed by atoms with van der Waals surface area (Å²) in [6.07, 6.45) is -3.15. The number of H-pyrrole nitrogens is 1. The van der Waals surface area contributed by atoms with Crippen LogP contribution in [-0.2, 0) is 10.5 Å². The molecule has 1 aromatic heterocycles. The zero-order chi connectivity index (χ0) is 16.6. The number of ether oxygens (including phenoxy) is 1. The molecule has 2 aromatic rings. The second kappa shape index (κ2) is 6.68. The fourth-order valence-electron chi connectivity index (χ4n) is 2.73. The van der Waals surface area contributed by atoms with E-state index >= 15 is 0 Å². The minimum atomic E-state index is -1.38. The lowest BCUT2D eigenvalue weighted by molar-refractivity contribution is -0.205. The Hall–Kier alpha value is -1.29. The number of phenolic OH excluding ortho intramolecular Hbond substituents is 1. The van der Waals surface area contributed by atoms with Crippen LogP contribution < -0.4 is 0 Å². The lowest BCUT2D eigenvalue weighted by atomic mass is 10.0. The van der Waals surface area contributed by atoms with Crippen LogP contribution in [0, 0.1) is 0 Å². The number of thioether (sulfide) groups is 1. The first-order valence-electron chi connectivity index (χ1n) is 7.23. The van der Waals surface area contributed by atoms with Crippen molar-refractivity contribution in [3.63, 3.8) is 0 Å². The molecule has 1 aromatic carbocycles. The van der Waals surface area contributed by atoms with Gasteiger partial charge in [-0.2, -0.15) is 0 Å². The van der Waals surface area contributed by atoms with Crippen molar-refractivity contribution in [2.45, 2.75) is 35.6 Å². The third kappa shape index (κ3) is 3.06. The Morgan fingerprint density at radius 3 is 2.65 bits per heavy atom. The molecule has 1 aliphatic rings. The highest BCUT2D eigenvalue weighted by Gasteiger charge is 2.43. The lowest BCUT2D eigenvalue weighted by Gasteiger charge is -2.39. The average molecular weight is 341 g/mol. The van der Waals surface area contributed by atoms with Gasteiger partial charge in [-0.25, -0.2) is 0 Å². The quantitative estimate of drug-likeness (QED) is 0.459. The number of phenols is 1. The molecule has 0 saturated carbocycles. The van der Waals surface area contributed by atoms with Gasteiger partial charge in [-0.1, -0.05) is 6.07 Å². The van der Waals surface area contributed by atoms with Crippen molar-refractivity contribution in [2.24, 2.45) is 0 Å². The van der Waals surface area contributed by atoms with E-state index in [2.05, 4.69) is 4.98 Å². The van der Waals surface area contributed by atoms with Gasteiger partial charge in [-0.15, -0.1) is 11.8 Å². The van der Waals surface area contributed by atoms with Gasteiger partial charge in [0.1, 0.15) is 35.6 Å². The van der Waals surface area contributed by atoms with Crippen LogP contribution in [0.5, 0.6) is 5.75 Å². The highest BCUT2D eigenvalue weighted by molar-refractivity contribution is 7.99. The fourth-order valence-corrected chi connectivity index (χ4v) is 3.88. The van der Waals surface area contributed by atoms with Crippen LogP contribution in [0.4, 0.5) is 0 Å². The topological polar surface area (TPSA) is 126 Å². The summed E-state index contributed by atoms with van der Waals surface area (Å²) in [5.74, 6) is 0.577. The van der Waals surface area contributed by atoms with Gasteiger partial charge in [-0.3, -0.25) is 0 Å². The number of nitrogens with one attached hydrogen (secondary N) is 1. The summed E-state index contributed by atoms with van der Waals surface area (Å²) in [6.45, 7) is -0.449. The van der Waals surface area contributed by atoms with Gasteiger partial charge in [0.05, 0.1) is 6.61 Å². The largest absolute Gasteiger partial charge is 0.507 e. The third-order valence-electron chi connectivity index (χ3n) is 4.02. The molecule has 0 aliphatic carbocycles. The Labute approximate surface area is 136 Å². The molecule has 0 radical (unpaired) electrons. The number of fused-ring (bicyclic) bond motifs is 1. The molecule has 0 spiro atoms. The summed E-state index contributed by atoms with van der Waals surface area (Å²) >= 11 is 1.23. The number of benzene rings is 1. The normalized spacial score (nSPS) is 31.6. The highest BCUT2D eigenvalue weighted by Crippen LogP contribution is 2.34. The van der Waals surface area contributed by atoms with Gasteiger partial charge in [0.25, 0.3) is 0 Å². The second-order valence-corrected chi connectivity index (χ2v) is 6.61. The first kappa shape index (κ1) is 16.6. The predicted molar refractivity (Wildman–Crippen MR) is 85.0 cm³/mol. The zero-order valence-electron chi connectivity index (χ0n) is 12.2. The maximum absolute atomic E-state index is 10.0. The molecule has 6 N–H and O–H groups in total. The van der Waals surface area contributed by atoms with Crippen molar-refractivity contribution in [2.75, 3.05) is 6.61 Å². The van der Waals surface area contributed by atoms with Gasteiger partial charge in [0, 0.05) is 22.9 Å². The second-order valence-electron chi connectivity index (χ2n) is 5.52. The number of aromatic amines is 1. The smallest absolute Gasteiger partial charge is 0.132 e. The zero-order valence-corrected chi connectivity index (χ0v) is 13.0. The maximum Gasteiger partial charge on any atom is 0.132 e. The van der Waals surface area contributed by atoms with Gasteiger partial charge in [0.2, 0.25) is 0 Å². The van der Waals surface area contributed by atoms with Crippen LogP contribution in [0.1, 0.15) is 5.56 Å². The van der Waals surface area contributed by atoms with Crippen molar-refractivity contribution >= 4 is 22.7 Å². The molecule has 23 heavy (non-hydrogen) atoms. The Balaban J connectivity index is 1.74. The number of aromatic nitrogens is 1. The monoisotopic (exact) mass is 341 g/mol. The first-order chi connectivity index (χ1) is 11.0. The van der Waals surface area contributed by atoms with Crippen LogP contribution in [0.2, 0.25) is 0 Å². The summed E-state index contributed by atoms with van der Waals surface area (Å²) in [6, 6.07) is 5.18. The molecular weight excluding hydrogens is 322 g/mol. The molecule has 8 heteroatoms. The number of aliphatic hydroxyl groups is 4. The van der Waals surface area contributed by atoms with Gasteiger partial charge >= 0.3 is 0 Å². The summed E-state index contributed by atoms with van der Waals surface area (Å²) in [7, 11) is 0. The van der Waals surface area contributed by atoms with E-state index in [0.717, 1.165) is 11.1 Å². The lowest BCUT2D eigenvalue weighted by Crippen LogP contribution is -2.57. The van der Waals surface area contributed by atoms with Gasteiger partial charge < -0.3 is 35.3 Å². The Morgan fingerprint density at radius 2 is 1.91 bits per heavy atom. The van der Waals surface area contributed by atoms with Crippen LogP contribution >= 0.6 is 11.8 Å². The Kier molecular flexibility index (Phi) is 4.81. The standard InChI is InChI=1S/C15H19NO6S/c17-5-10-12(19)13(20)14(21)15(22-10)23-6-7-4-16-8-2-1-3-9(18)11(7)8/h1-4,10,12-21H,5-6H2/t10-,12-,13+,14-,15+/m1/s1. The van der Waals surface area contributed by atoms with E-state index in [0.29, 0.717) is 11.1 Å². The molecule has 5 atom stereocenters. The van der Waals surface area contributed by atoms with E-state index in [1.165, 1.54) is 11.8 Å². The number of rotatable bonds is 4. The molecule has 1 saturated heterocycles. The van der Waals surface area contributed by atoms with E-state index in [1.807, 2.05) is 6.07 Å². The molecule has 0 unspecified atom stereocenters. The molecule has 0 amide bonds. The van der Waals surface area contributed by atoms with E-state index in [-0.39, 0.29) is 5.75 Å². The summed E-state index contributed by atoms with van der Waals surface area (Å²) in [4.78, 5) is 3.06. The summed E-state index contributed by atoms with van der Waals surface area (Å²) in [5.41, 5.74) is 0.843. The van der Waals surface area contributed by atoms with E-state index in [9.17, 15) is 25.5 Å². The average Bonchev–Trinajstić information content (AvgIpc) is 2.97. The highest BCUT2D eigenvalue weighted by atomic mass is 32.2. The van der Waals surface area contributed by atoms with Crippen molar-refractivity contribution < 1.29 is 30.3 Å². The SMILES string of the molecule is OC[C@H]1O[C@@H](SCc2c[nH]c3cccc(O)c23)[C@H](O)[C@@H](O)[C@@H]1O. The number of hydrogen-bond acceptors (Lipinski definition) is 7. The van der Waals surface area contributed by atoms with E-state index in [1.54, 1.807) is 18.3 Å². The molecule has 0 bridgehead atoms. The molecule has 2 heterocycles. The van der Waals surface area contributed by atoms with Crippen LogP contribution in [0.3, 0.4) is 0 Å². The van der Waals surface area contributed by atoms with E-state index in [4.69, 9.17) is 4.74 Å².